The predicted octanol–water partition coefficient (Wildman–Crippen LogP) is 3.18. The van der Waals surface area contributed by atoms with E-state index in [1.807, 2.05) is 37.7 Å². The molecule has 0 bridgehead atoms. The summed E-state index contributed by atoms with van der Waals surface area (Å²) in [5.74, 6) is 0.205. The molecule has 0 fully saturated rings. The Labute approximate surface area is 239 Å². The van der Waals surface area contributed by atoms with Crippen LogP contribution >= 0.6 is 0 Å². The van der Waals surface area contributed by atoms with Crippen molar-refractivity contribution < 1.29 is 18.6 Å². The second kappa shape index (κ2) is 12.2. The highest BCUT2D eigenvalue weighted by molar-refractivity contribution is 6.30. The Hall–Kier alpha value is -4.10. The van der Waals surface area contributed by atoms with Crippen molar-refractivity contribution in [3.63, 3.8) is 0 Å². The van der Waals surface area contributed by atoms with Gasteiger partial charge in [0.1, 0.15) is 31.7 Å². The van der Waals surface area contributed by atoms with Crippen LogP contribution in [0.3, 0.4) is 0 Å². The molecule has 0 aromatic carbocycles. The summed E-state index contributed by atoms with van der Waals surface area (Å²) >= 11 is 0. The lowest BCUT2D eigenvalue weighted by molar-refractivity contribution is 0.0754. The number of aromatic nitrogens is 7. The fourth-order valence-corrected chi connectivity index (χ4v) is 4.83. The molecular formula is C28H32BFN8O3. The van der Waals surface area contributed by atoms with Gasteiger partial charge < -0.3 is 23.7 Å². The molecule has 1 aliphatic carbocycles. The highest BCUT2D eigenvalue weighted by Gasteiger charge is 2.35. The van der Waals surface area contributed by atoms with Crippen molar-refractivity contribution in [2.75, 3.05) is 25.7 Å². The lowest BCUT2D eigenvalue weighted by atomic mass is 9.92. The third kappa shape index (κ3) is 5.86. The SMILES string of the molecule is [B]c1cn(COCCC)c(CN(C2=C(F)C(OC)=CC(OC)C2C)c2ccc3ncc(-c4cnn(C)c4)nc3n2)n1. The van der Waals surface area contributed by atoms with Gasteiger partial charge in [-0.3, -0.25) is 9.67 Å². The van der Waals surface area contributed by atoms with E-state index in [1.165, 1.54) is 7.11 Å². The second-order valence-corrected chi connectivity index (χ2v) is 9.77. The minimum Gasteiger partial charge on any atom is -0.494 e. The molecule has 41 heavy (non-hydrogen) atoms. The van der Waals surface area contributed by atoms with Crippen molar-refractivity contribution in [1.82, 2.24) is 34.3 Å². The fraction of sp³-hybridized carbons (Fsp3) is 0.393. The van der Waals surface area contributed by atoms with E-state index in [-0.39, 0.29) is 25.0 Å². The first kappa shape index (κ1) is 28.4. The lowest BCUT2D eigenvalue weighted by Crippen LogP contribution is -2.36. The average molecular weight is 558 g/mol. The molecule has 0 saturated heterocycles. The minimum absolute atomic E-state index is 0.0866. The van der Waals surface area contributed by atoms with Crippen molar-refractivity contribution in [1.29, 1.82) is 0 Å². The summed E-state index contributed by atoms with van der Waals surface area (Å²) in [6, 6.07) is 3.59. The number of ether oxygens (including phenoxy) is 3. The monoisotopic (exact) mass is 558 g/mol. The largest absolute Gasteiger partial charge is 0.494 e. The molecule has 5 rings (SSSR count). The van der Waals surface area contributed by atoms with Gasteiger partial charge in [0.15, 0.2) is 17.2 Å². The van der Waals surface area contributed by atoms with Gasteiger partial charge in [0.2, 0.25) is 0 Å². The van der Waals surface area contributed by atoms with Crippen molar-refractivity contribution >= 4 is 30.4 Å². The quantitative estimate of drug-likeness (QED) is 0.203. The van der Waals surface area contributed by atoms with Gasteiger partial charge in [-0.05, 0) is 24.6 Å². The maximum atomic E-state index is 16.1. The highest BCUT2D eigenvalue weighted by Crippen LogP contribution is 2.38. The summed E-state index contributed by atoms with van der Waals surface area (Å²) in [5, 5.41) is 4.22. The summed E-state index contributed by atoms with van der Waals surface area (Å²) in [6.07, 6.45) is 9.02. The Morgan fingerprint density at radius 2 is 1.95 bits per heavy atom. The molecular weight excluding hydrogens is 526 g/mol. The number of rotatable bonds is 11. The number of fused-ring (bicyclic) bond motifs is 1. The first-order chi connectivity index (χ1) is 19.8. The molecule has 2 radical (unpaired) electrons. The standard InChI is InChI=1S/C28H32BFN8O3/c1-6-9-41-16-37-14-23(29)34-25(37)15-38(27-17(2)21(39-4)10-22(40-5)26(27)30)24-8-7-19-28(35-24)33-20(12-31-19)18-11-32-36(3)13-18/h7-8,10-14,17,21H,6,9,15-16H2,1-5H3. The van der Waals surface area contributed by atoms with Gasteiger partial charge in [-0.15, -0.1) is 0 Å². The molecule has 212 valence electrons. The van der Waals surface area contributed by atoms with Crippen molar-refractivity contribution in [2.24, 2.45) is 13.0 Å². The van der Waals surface area contributed by atoms with Crippen LogP contribution in [-0.2, 0) is 34.5 Å². The zero-order chi connectivity index (χ0) is 29.1. The normalized spacial score (nSPS) is 17.3. The van der Waals surface area contributed by atoms with Crippen molar-refractivity contribution in [3.05, 3.63) is 66.1 Å². The molecule has 0 N–H and O–H groups in total. The topological polar surface area (TPSA) is 105 Å². The number of anilines is 1. The predicted molar refractivity (Wildman–Crippen MR) is 153 cm³/mol. The van der Waals surface area contributed by atoms with E-state index in [9.17, 15) is 0 Å². The molecule has 0 saturated carbocycles. The van der Waals surface area contributed by atoms with Crippen LogP contribution in [0.4, 0.5) is 10.2 Å². The number of methoxy groups -OCH3 is 2. The van der Waals surface area contributed by atoms with E-state index < -0.39 is 11.9 Å². The molecule has 0 aliphatic heterocycles. The summed E-state index contributed by atoms with van der Waals surface area (Å²) in [6.45, 7) is 4.91. The Bertz CT molecular complexity index is 1600. The molecule has 13 heteroatoms. The number of aryl methyl sites for hydroxylation is 1. The zero-order valence-corrected chi connectivity index (χ0v) is 23.8. The van der Waals surface area contributed by atoms with Crippen LogP contribution < -0.4 is 10.5 Å². The Morgan fingerprint density at radius 1 is 1.12 bits per heavy atom. The number of imidazole rings is 1. The van der Waals surface area contributed by atoms with Gasteiger partial charge in [-0.1, -0.05) is 13.8 Å². The molecule has 4 aromatic heterocycles. The molecule has 0 amide bonds. The summed E-state index contributed by atoms with van der Waals surface area (Å²) in [7, 11) is 10.9. The molecule has 2 atom stereocenters. The second-order valence-electron chi connectivity index (χ2n) is 9.77. The van der Waals surface area contributed by atoms with E-state index in [2.05, 4.69) is 15.1 Å². The van der Waals surface area contributed by atoms with Crippen molar-refractivity contribution in [3.8, 4) is 11.3 Å². The van der Waals surface area contributed by atoms with E-state index in [0.29, 0.717) is 46.4 Å². The number of hydrogen-bond acceptors (Lipinski definition) is 9. The molecule has 2 unspecified atom stereocenters. The maximum Gasteiger partial charge on any atom is 0.184 e. The number of pyridine rings is 1. The van der Waals surface area contributed by atoms with Gasteiger partial charge >= 0.3 is 0 Å². The van der Waals surface area contributed by atoms with E-state index in [0.717, 1.165) is 12.0 Å². The van der Waals surface area contributed by atoms with Gasteiger partial charge in [-0.2, -0.15) is 5.10 Å². The third-order valence-corrected chi connectivity index (χ3v) is 6.89. The van der Waals surface area contributed by atoms with E-state index in [4.69, 9.17) is 32.0 Å². The van der Waals surface area contributed by atoms with Gasteiger partial charge in [0, 0.05) is 50.2 Å². The van der Waals surface area contributed by atoms with Crippen LogP contribution in [0.2, 0.25) is 0 Å². The number of hydrogen-bond donors (Lipinski definition) is 0. The number of nitrogens with zero attached hydrogens (tertiary/aromatic N) is 8. The maximum absolute atomic E-state index is 16.1. The Balaban J connectivity index is 1.63. The summed E-state index contributed by atoms with van der Waals surface area (Å²) in [4.78, 5) is 20.4. The van der Waals surface area contributed by atoms with Crippen molar-refractivity contribution in [2.45, 2.75) is 39.6 Å². The summed E-state index contributed by atoms with van der Waals surface area (Å²) in [5.41, 5.74) is 3.09. The van der Waals surface area contributed by atoms with Crippen LogP contribution in [0.15, 0.2) is 60.3 Å². The van der Waals surface area contributed by atoms with Crippen LogP contribution in [0, 0.1) is 5.92 Å². The molecule has 0 spiro atoms. The Morgan fingerprint density at radius 3 is 2.66 bits per heavy atom. The zero-order valence-electron chi connectivity index (χ0n) is 23.8. The van der Waals surface area contributed by atoms with Gasteiger partial charge in [-0.25, -0.2) is 19.3 Å². The average Bonchev–Trinajstić information content (AvgIpc) is 3.56. The molecule has 4 heterocycles. The van der Waals surface area contributed by atoms with Crippen LogP contribution in [0.25, 0.3) is 22.4 Å². The van der Waals surface area contributed by atoms with E-state index >= 15 is 4.39 Å². The first-order valence-corrected chi connectivity index (χ1v) is 13.3. The molecule has 1 aliphatic rings. The minimum atomic E-state index is -0.515. The van der Waals surface area contributed by atoms with Crippen LogP contribution in [-0.4, -0.2) is 69.1 Å². The number of allylic oxidation sites excluding steroid dienone is 1. The van der Waals surface area contributed by atoms with E-state index in [1.54, 1.807) is 47.4 Å². The third-order valence-electron chi connectivity index (χ3n) is 6.89. The highest BCUT2D eigenvalue weighted by atomic mass is 19.1. The van der Waals surface area contributed by atoms with Crippen LogP contribution in [0.5, 0.6) is 0 Å². The lowest BCUT2D eigenvalue weighted by Gasteiger charge is -2.35. The first-order valence-electron chi connectivity index (χ1n) is 13.3. The molecule has 4 aromatic rings. The summed E-state index contributed by atoms with van der Waals surface area (Å²) < 4.78 is 36.4. The van der Waals surface area contributed by atoms with Gasteiger partial charge in [0.25, 0.3) is 0 Å². The Kier molecular flexibility index (Phi) is 8.45. The van der Waals surface area contributed by atoms with Gasteiger partial charge in [0.05, 0.1) is 43.5 Å². The smallest absolute Gasteiger partial charge is 0.184 e. The fourth-order valence-electron chi connectivity index (χ4n) is 4.83. The van der Waals surface area contributed by atoms with Crippen LogP contribution in [0.1, 0.15) is 26.1 Å². The number of halogens is 1. The molecule has 11 nitrogen and oxygen atoms in total.